The number of ketones is 1. The molecule has 1 aliphatic heterocycles. The molecule has 0 bridgehead atoms. The molecular formula is C16H20ClNO2. The van der Waals surface area contributed by atoms with Crippen molar-refractivity contribution in [1.82, 2.24) is 0 Å². The number of hydrogen-bond donors (Lipinski definition) is 0. The summed E-state index contributed by atoms with van der Waals surface area (Å²) in [5, 5.41) is 0. The summed E-state index contributed by atoms with van der Waals surface area (Å²) < 4.78 is 0. The maximum absolute atomic E-state index is 12.1. The zero-order valence-corrected chi connectivity index (χ0v) is 12.8. The highest BCUT2D eigenvalue weighted by molar-refractivity contribution is 6.52. The lowest BCUT2D eigenvalue weighted by atomic mass is 10.0. The first kappa shape index (κ1) is 15.0. The molecule has 0 saturated heterocycles. The summed E-state index contributed by atoms with van der Waals surface area (Å²) in [6.07, 6.45) is 4.01. The molecule has 20 heavy (non-hydrogen) atoms. The molecule has 1 aromatic carbocycles. The fourth-order valence-electron chi connectivity index (χ4n) is 2.73. The molecule has 1 aliphatic rings. The standard InChI is InChI=1S/C16H20ClNO2/c1-11-9-12(2)14-13(10-11)18(16(20)15(14)19)8-6-4-3-5-7-17/h9-10H,3-8H2,1-2H3. The third-order valence-electron chi connectivity index (χ3n) is 3.68. The fourth-order valence-corrected chi connectivity index (χ4v) is 2.92. The molecule has 0 unspecified atom stereocenters. The normalized spacial score (nSPS) is 14.1. The van der Waals surface area contributed by atoms with E-state index in [2.05, 4.69) is 0 Å². The van der Waals surface area contributed by atoms with Gasteiger partial charge in [-0.2, -0.15) is 0 Å². The van der Waals surface area contributed by atoms with Gasteiger partial charge in [-0.25, -0.2) is 0 Å². The fraction of sp³-hybridized carbons (Fsp3) is 0.500. The first-order valence-electron chi connectivity index (χ1n) is 7.09. The minimum atomic E-state index is -0.383. The summed E-state index contributed by atoms with van der Waals surface area (Å²) in [5.74, 6) is -0.0631. The predicted molar refractivity (Wildman–Crippen MR) is 81.8 cm³/mol. The van der Waals surface area contributed by atoms with Crippen LogP contribution in [0.25, 0.3) is 0 Å². The third kappa shape index (κ3) is 2.88. The third-order valence-corrected chi connectivity index (χ3v) is 3.95. The predicted octanol–water partition coefficient (Wildman–Crippen LogP) is 3.63. The highest BCUT2D eigenvalue weighted by atomic mass is 35.5. The second-order valence-electron chi connectivity index (χ2n) is 5.37. The van der Waals surface area contributed by atoms with Gasteiger partial charge in [0.15, 0.2) is 0 Å². The number of aryl methyl sites for hydroxylation is 2. The summed E-state index contributed by atoms with van der Waals surface area (Å²) in [4.78, 5) is 25.8. The second kappa shape index (κ2) is 6.40. The van der Waals surface area contributed by atoms with Crippen LogP contribution in [0.5, 0.6) is 0 Å². The lowest BCUT2D eigenvalue weighted by molar-refractivity contribution is -0.114. The summed E-state index contributed by atoms with van der Waals surface area (Å²) in [7, 11) is 0. The first-order valence-corrected chi connectivity index (χ1v) is 7.63. The smallest absolute Gasteiger partial charge is 0.299 e. The number of Topliss-reactive ketones (excluding diaryl/α,β-unsaturated/α-hetero) is 1. The summed E-state index contributed by atoms with van der Waals surface area (Å²) >= 11 is 5.64. The molecule has 1 amide bonds. The number of unbranched alkanes of at least 4 members (excludes halogenated alkanes) is 3. The summed E-state index contributed by atoms with van der Waals surface area (Å²) in [6.45, 7) is 4.49. The van der Waals surface area contributed by atoms with Crippen LogP contribution < -0.4 is 4.90 Å². The van der Waals surface area contributed by atoms with Crippen molar-refractivity contribution in [2.24, 2.45) is 0 Å². The van der Waals surface area contributed by atoms with Crippen molar-refractivity contribution in [1.29, 1.82) is 0 Å². The van der Waals surface area contributed by atoms with Crippen LogP contribution in [0.2, 0.25) is 0 Å². The Bertz CT molecular complexity index is 540. The molecule has 0 N–H and O–H groups in total. The van der Waals surface area contributed by atoms with Gasteiger partial charge in [0.2, 0.25) is 0 Å². The van der Waals surface area contributed by atoms with E-state index in [9.17, 15) is 9.59 Å². The van der Waals surface area contributed by atoms with Gasteiger partial charge >= 0.3 is 0 Å². The van der Waals surface area contributed by atoms with E-state index in [4.69, 9.17) is 11.6 Å². The van der Waals surface area contributed by atoms with Crippen LogP contribution in [0, 0.1) is 13.8 Å². The second-order valence-corrected chi connectivity index (χ2v) is 5.74. The van der Waals surface area contributed by atoms with Crippen LogP contribution in [0.1, 0.15) is 47.2 Å². The van der Waals surface area contributed by atoms with E-state index in [0.717, 1.165) is 42.5 Å². The van der Waals surface area contributed by atoms with Gasteiger partial charge in [0.05, 0.1) is 11.3 Å². The number of rotatable bonds is 6. The Hall–Kier alpha value is -1.35. The largest absolute Gasteiger partial charge is 0.305 e. The molecule has 1 heterocycles. The highest BCUT2D eigenvalue weighted by Gasteiger charge is 2.36. The molecule has 0 atom stereocenters. The molecular weight excluding hydrogens is 274 g/mol. The number of nitrogens with zero attached hydrogens (tertiary/aromatic N) is 1. The zero-order valence-electron chi connectivity index (χ0n) is 12.0. The van der Waals surface area contributed by atoms with Crippen molar-refractivity contribution in [3.8, 4) is 0 Å². The van der Waals surface area contributed by atoms with E-state index in [1.165, 1.54) is 0 Å². The van der Waals surface area contributed by atoms with Crippen molar-refractivity contribution in [2.45, 2.75) is 39.5 Å². The zero-order chi connectivity index (χ0) is 14.7. The molecule has 3 nitrogen and oxygen atoms in total. The van der Waals surface area contributed by atoms with Crippen molar-refractivity contribution in [3.63, 3.8) is 0 Å². The number of alkyl halides is 1. The molecule has 0 aromatic heterocycles. The van der Waals surface area contributed by atoms with Crippen LogP contribution in [0.4, 0.5) is 5.69 Å². The van der Waals surface area contributed by atoms with Crippen LogP contribution >= 0.6 is 11.6 Å². The molecule has 0 aliphatic carbocycles. The van der Waals surface area contributed by atoms with Crippen LogP contribution in [-0.4, -0.2) is 24.1 Å². The maximum Gasteiger partial charge on any atom is 0.299 e. The molecule has 0 radical (unpaired) electrons. The Kier molecular flexibility index (Phi) is 4.81. The minimum absolute atomic E-state index is 0.363. The van der Waals surface area contributed by atoms with Crippen LogP contribution in [-0.2, 0) is 4.79 Å². The van der Waals surface area contributed by atoms with E-state index >= 15 is 0 Å². The van der Waals surface area contributed by atoms with Gasteiger partial charge in [-0.1, -0.05) is 18.9 Å². The number of anilines is 1. The number of carbonyl (C=O) groups is 2. The Morgan fingerprint density at radius 2 is 1.75 bits per heavy atom. The topological polar surface area (TPSA) is 37.4 Å². The van der Waals surface area contributed by atoms with Gasteiger partial charge in [0, 0.05) is 12.4 Å². The van der Waals surface area contributed by atoms with E-state index in [-0.39, 0.29) is 11.7 Å². The number of carbonyl (C=O) groups excluding carboxylic acids is 2. The molecule has 0 saturated carbocycles. The van der Waals surface area contributed by atoms with Gasteiger partial charge in [-0.05, 0) is 43.9 Å². The van der Waals surface area contributed by atoms with E-state index in [1.54, 1.807) is 4.90 Å². The quantitative estimate of drug-likeness (QED) is 0.456. The molecule has 0 fully saturated rings. The minimum Gasteiger partial charge on any atom is -0.305 e. The van der Waals surface area contributed by atoms with Crippen molar-refractivity contribution < 1.29 is 9.59 Å². The van der Waals surface area contributed by atoms with E-state index in [1.807, 2.05) is 26.0 Å². The molecule has 4 heteroatoms. The Morgan fingerprint density at radius 3 is 2.45 bits per heavy atom. The van der Waals surface area contributed by atoms with Crippen molar-refractivity contribution >= 4 is 29.0 Å². The maximum atomic E-state index is 12.1. The average Bonchev–Trinajstić information content (AvgIpc) is 2.63. The van der Waals surface area contributed by atoms with E-state index in [0.29, 0.717) is 18.0 Å². The lowest BCUT2D eigenvalue weighted by Crippen LogP contribution is -2.30. The molecule has 1 aromatic rings. The number of benzene rings is 1. The van der Waals surface area contributed by atoms with Crippen molar-refractivity contribution in [3.05, 3.63) is 28.8 Å². The molecule has 108 valence electrons. The number of fused-ring (bicyclic) bond motifs is 1. The monoisotopic (exact) mass is 293 g/mol. The number of amides is 1. The Labute approximate surface area is 124 Å². The SMILES string of the molecule is Cc1cc(C)c2c(c1)N(CCCCCCCl)C(=O)C2=O. The summed E-state index contributed by atoms with van der Waals surface area (Å²) in [5.41, 5.74) is 3.34. The average molecular weight is 294 g/mol. The lowest BCUT2D eigenvalue weighted by Gasteiger charge is -2.17. The van der Waals surface area contributed by atoms with Crippen LogP contribution in [0.15, 0.2) is 12.1 Å². The molecule has 0 spiro atoms. The Balaban J connectivity index is 2.12. The Morgan fingerprint density at radius 1 is 1.05 bits per heavy atom. The van der Waals surface area contributed by atoms with Gasteiger partial charge < -0.3 is 4.90 Å². The van der Waals surface area contributed by atoms with E-state index < -0.39 is 0 Å². The molecule has 2 rings (SSSR count). The van der Waals surface area contributed by atoms with Gasteiger partial charge in [0.25, 0.3) is 11.7 Å². The van der Waals surface area contributed by atoms with Crippen LogP contribution in [0.3, 0.4) is 0 Å². The number of halogens is 1. The highest BCUT2D eigenvalue weighted by Crippen LogP contribution is 2.32. The van der Waals surface area contributed by atoms with Crippen molar-refractivity contribution in [2.75, 3.05) is 17.3 Å². The van der Waals surface area contributed by atoms with Gasteiger partial charge in [-0.15, -0.1) is 11.6 Å². The number of hydrogen-bond acceptors (Lipinski definition) is 2. The first-order chi connectivity index (χ1) is 9.56. The van der Waals surface area contributed by atoms with Gasteiger partial charge in [0.1, 0.15) is 0 Å². The summed E-state index contributed by atoms with van der Waals surface area (Å²) in [6, 6.07) is 3.89. The van der Waals surface area contributed by atoms with Gasteiger partial charge in [-0.3, -0.25) is 9.59 Å².